The van der Waals surface area contributed by atoms with Gasteiger partial charge in [-0.3, -0.25) is 4.90 Å². The summed E-state index contributed by atoms with van der Waals surface area (Å²) in [6, 6.07) is 4.47. The number of hydrogen-bond acceptors (Lipinski definition) is 5. The van der Waals surface area contributed by atoms with Crippen LogP contribution in [0.1, 0.15) is 18.4 Å². The predicted octanol–water partition coefficient (Wildman–Crippen LogP) is 2.22. The number of amides is 2. The SMILES string of the molecule is CN1CCC[C@@H]2NC(=O)N(c3nc4c5c(ccc4s3)OCC5)[C@@H]2C1. The second-order valence-corrected chi connectivity index (χ2v) is 7.89. The Bertz CT molecular complexity index is 820. The van der Waals surface area contributed by atoms with Gasteiger partial charge in [0.05, 0.1) is 28.9 Å². The van der Waals surface area contributed by atoms with Gasteiger partial charge in [-0.2, -0.15) is 0 Å². The van der Waals surface area contributed by atoms with Crippen LogP contribution in [-0.4, -0.2) is 54.7 Å². The maximum absolute atomic E-state index is 12.6. The van der Waals surface area contributed by atoms with Crippen molar-refractivity contribution in [2.24, 2.45) is 0 Å². The van der Waals surface area contributed by atoms with E-state index < -0.39 is 0 Å². The van der Waals surface area contributed by atoms with E-state index in [1.165, 1.54) is 5.56 Å². The first-order chi connectivity index (χ1) is 11.7. The van der Waals surface area contributed by atoms with E-state index in [1.807, 2.05) is 11.0 Å². The Morgan fingerprint density at radius 1 is 1.42 bits per heavy atom. The molecule has 0 radical (unpaired) electrons. The molecule has 2 aromatic rings. The van der Waals surface area contributed by atoms with Crippen LogP contribution in [0.4, 0.5) is 9.93 Å². The van der Waals surface area contributed by atoms with E-state index in [9.17, 15) is 4.79 Å². The Kier molecular flexibility index (Phi) is 3.21. The van der Waals surface area contributed by atoms with E-state index >= 15 is 0 Å². The van der Waals surface area contributed by atoms with Gasteiger partial charge >= 0.3 is 6.03 Å². The van der Waals surface area contributed by atoms with Gasteiger partial charge in [0, 0.05) is 18.5 Å². The topological polar surface area (TPSA) is 57.7 Å². The average Bonchev–Trinajstić information content (AvgIpc) is 3.21. The molecule has 2 atom stereocenters. The van der Waals surface area contributed by atoms with E-state index in [4.69, 9.17) is 9.72 Å². The first-order valence-electron chi connectivity index (χ1n) is 8.54. The van der Waals surface area contributed by atoms with Crippen molar-refractivity contribution in [1.29, 1.82) is 0 Å². The molecular weight excluding hydrogens is 324 g/mol. The predicted molar refractivity (Wildman–Crippen MR) is 94.1 cm³/mol. The number of urea groups is 1. The maximum atomic E-state index is 12.6. The lowest BCUT2D eigenvalue weighted by atomic mass is 10.1. The van der Waals surface area contributed by atoms with Crippen LogP contribution in [0.2, 0.25) is 0 Å². The molecule has 7 heteroatoms. The summed E-state index contributed by atoms with van der Waals surface area (Å²) < 4.78 is 6.78. The highest BCUT2D eigenvalue weighted by atomic mass is 32.1. The molecule has 0 spiro atoms. The van der Waals surface area contributed by atoms with Crippen molar-refractivity contribution in [3.8, 4) is 5.75 Å². The summed E-state index contributed by atoms with van der Waals surface area (Å²) in [7, 11) is 2.13. The van der Waals surface area contributed by atoms with E-state index in [0.717, 1.165) is 60.1 Å². The quantitative estimate of drug-likeness (QED) is 0.862. The lowest BCUT2D eigenvalue weighted by Gasteiger charge is -2.25. The smallest absolute Gasteiger partial charge is 0.324 e. The number of fused-ring (bicyclic) bond motifs is 4. The van der Waals surface area contributed by atoms with Crippen LogP contribution in [0.25, 0.3) is 10.2 Å². The van der Waals surface area contributed by atoms with Gasteiger partial charge in [0.2, 0.25) is 0 Å². The number of benzene rings is 1. The molecule has 1 N–H and O–H groups in total. The fourth-order valence-corrected chi connectivity index (χ4v) is 5.16. The molecule has 0 bridgehead atoms. The number of rotatable bonds is 1. The summed E-state index contributed by atoms with van der Waals surface area (Å²) in [4.78, 5) is 21.7. The second-order valence-electron chi connectivity index (χ2n) is 6.88. The van der Waals surface area contributed by atoms with Crippen LogP contribution >= 0.6 is 11.3 Å². The summed E-state index contributed by atoms with van der Waals surface area (Å²) in [6.07, 6.45) is 3.05. The van der Waals surface area contributed by atoms with E-state index in [2.05, 4.69) is 23.3 Å². The number of nitrogens with zero attached hydrogens (tertiary/aromatic N) is 3. The van der Waals surface area contributed by atoms with E-state index in [0.29, 0.717) is 0 Å². The molecule has 3 aliphatic heterocycles. The standard InChI is InChI=1S/C17H20N4O2S/c1-20-7-2-3-11-12(9-20)21(16(22)18-11)17-19-15-10-6-8-23-13(10)4-5-14(15)24-17/h4-5,11-12H,2-3,6-9H2,1H3,(H,18,22)/t11-,12+/m0/s1. The molecule has 126 valence electrons. The van der Waals surface area contributed by atoms with Gasteiger partial charge in [-0.25, -0.2) is 9.78 Å². The lowest BCUT2D eigenvalue weighted by molar-refractivity contribution is 0.249. The normalized spacial score (nSPS) is 26.9. The summed E-state index contributed by atoms with van der Waals surface area (Å²) in [5.41, 5.74) is 2.19. The highest BCUT2D eigenvalue weighted by Crippen LogP contribution is 2.39. The van der Waals surface area contributed by atoms with Crippen molar-refractivity contribution >= 4 is 32.7 Å². The Labute approximate surface area is 144 Å². The van der Waals surface area contributed by atoms with Gasteiger partial charge < -0.3 is 15.0 Å². The molecule has 0 unspecified atom stereocenters. The van der Waals surface area contributed by atoms with Crippen LogP contribution in [0, 0.1) is 0 Å². The Morgan fingerprint density at radius 2 is 2.33 bits per heavy atom. The zero-order chi connectivity index (χ0) is 16.3. The summed E-state index contributed by atoms with van der Waals surface area (Å²) >= 11 is 1.61. The number of hydrogen-bond donors (Lipinski definition) is 1. The van der Waals surface area contributed by atoms with Gasteiger partial charge in [-0.15, -0.1) is 0 Å². The van der Waals surface area contributed by atoms with Crippen molar-refractivity contribution < 1.29 is 9.53 Å². The van der Waals surface area contributed by atoms with Crippen LogP contribution in [0.5, 0.6) is 5.75 Å². The van der Waals surface area contributed by atoms with Crippen LogP contribution in [-0.2, 0) is 6.42 Å². The molecule has 2 saturated heterocycles. The number of aromatic nitrogens is 1. The third-order valence-electron chi connectivity index (χ3n) is 5.30. The highest BCUT2D eigenvalue weighted by molar-refractivity contribution is 7.22. The molecule has 24 heavy (non-hydrogen) atoms. The first kappa shape index (κ1) is 14.5. The first-order valence-corrected chi connectivity index (χ1v) is 9.36. The van der Waals surface area contributed by atoms with Crippen molar-refractivity contribution in [3.63, 3.8) is 0 Å². The molecule has 5 rings (SSSR count). The van der Waals surface area contributed by atoms with E-state index in [1.54, 1.807) is 11.3 Å². The molecule has 0 aliphatic carbocycles. The Balaban J connectivity index is 1.57. The molecule has 4 heterocycles. The molecule has 1 aromatic carbocycles. The zero-order valence-corrected chi connectivity index (χ0v) is 14.4. The van der Waals surface area contributed by atoms with Gasteiger partial charge in [-0.05, 0) is 38.6 Å². The van der Waals surface area contributed by atoms with Gasteiger partial charge in [-0.1, -0.05) is 11.3 Å². The minimum atomic E-state index is -0.00717. The molecule has 3 aliphatic rings. The van der Waals surface area contributed by atoms with Gasteiger partial charge in [0.25, 0.3) is 0 Å². The highest BCUT2D eigenvalue weighted by Gasteiger charge is 2.43. The summed E-state index contributed by atoms with van der Waals surface area (Å²) in [5.74, 6) is 0.942. The van der Waals surface area contributed by atoms with Crippen LogP contribution in [0.3, 0.4) is 0 Å². The minimum Gasteiger partial charge on any atom is -0.493 e. The minimum absolute atomic E-state index is 0.00717. The van der Waals surface area contributed by atoms with E-state index in [-0.39, 0.29) is 18.1 Å². The largest absolute Gasteiger partial charge is 0.493 e. The number of ether oxygens (including phenoxy) is 1. The number of nitrogens with one attached hydrogen (secondary N) is 1. The van der Waals surface area contributed by atoms with Crippen molar-refractivity contribution in [1.82, 2.24) is 15.2 Å². The second kappa shape index (κ2) is 5.32. The monoisotopic (exact) mass is 344 g/mol. The number of thiazole rings is 1. The number of anilines is 1. The fourth-order valence-electron chi connectivity index (χ4n) is 4.11. The van der Waals surface area contributed by atoms with Crippen molar-refractivity contribution in [2.75, 3.05) is 31.6 Å². The van der Waals surface area contributed by atoms with Gasteiger partial charge in [0.15, 0.2) is 5.13 Å². The zero-order valence-electron chi connectivity index (χ0n) is 13.6. The van der Waals surface area contributed by atoms with Crippen LogP contribution < -0.4 is 15.0 Å². The molecular formula is C17H20N4O2S. The molecule has 0 saturated carbocycles. The number of likely N-dealkylation sites (N-methyl/N-ethyl adjacent to an activating group) is 1. The molecule has 2 fully saturated rings. The summed E-state index contributed by atoms with van der Waals surface area (Å²) in [5, 5.41) is 3.97. The van der Waals surface area contributed by atoms with Crippen molar-refractivity contribution in [2.45, 2.75) is 31.3 Å². The van der Waals surface area contributed by atoms with Crippen LogP contribution in [0.15, 0.2) is 12.1 Å². The summed E-state index contributed by atoms with van der Waals surface area (Å²) in [6.45, 7) is 2.70. The Hall–Kier alpha value is -1.86. The van der Waals surface area contributed by atoms with Gasteiger partial charge in [0.1, 0.15) is 5.75 Å². The molecule has 6 nitrogen and oxygen atoms in total. The van der Waals surface area contributed by atoms with Crippen molar-refractivity contribution in [3.05, 3.63) is 17.7 Å². The molecule has 2 amide bonds. The Morgan fingerprint density at radius 3 is 3.25 bits per heavy atom. The number of carbonyl (C=O) groups is 1. The maximum Gasteiger partial charge on any atom is 0.324 e. The third kappa shape index (κ3) is 2.11. The average molecular weight is 344 g/mol. The molecule has 1 aromatic heterocycles. The fraction of sp³-hybridized carbons (Fsp3) is 0.529. The lowest BCUT2D eigenvalue weighted by Crippen LogP contribution is -2.43. The number of carbonyl (C=O) groups excluding carboxylic acids is 1. The number of likely N-dealkylation sites (tertiary alicyclic amines) is 1. The third-order valence-corrected chi connectivity index (χ3v) is 6.32.